The predicted molar refractivity (Wildman–Crippen MR) is 106 cm³/mol. The van der Waals surface area contributed by atoms with Crippen LogP contribution in [0.4, 0.5) is 92.2 Å². The summed E-state index contributed by atoms with van der Waals surface area (Å²) in [6, 6.07) is 0. The summed E-state index contributed by atoms with van der Waals surface area (Å²) in [5.74, 6) is -79.9. The number of rotatable bonds is 14. The zero-order chi connectivity index (χ0) is 33.7. The second-order valence-electron chi connectivity index (χ2n) is 8.44. The third-order valence-electron chi connectivity index (χ3n) is 5.68. The van der Waals surface area contributed by atoms with Crippen LogP contribution < -0.4 is 0 Å². The van der Waals surface area contributed by atoms with E-state index in [1.165, 1.54) is 6.92 Å². The highest BCUT2D eigenvalue weighted by Gasteiger charge is 2.98. The highest BCUT2D eigenvalue weighted by Crippen LogP contribution is 2.67. The highest BCUT2D eigenvalue weighted by atomic mass is 127. The van der Waals surface area contributed by atoms with E-state index in [0.717, 1.165) is 29.5 Å². The lowest BCUT2D eigenvalue weighted by Gasteiger charge is -2.45. The fourth-order valence-electron chi connectivity index (χ4n) is 3.08. The van der Waals surface area contributed by atoms with Gasteiger partial charge in [-0.2, -0.15) is 92.2 Å². The maximum Gasteiger partial charge on any atom is 0.460 e. The van der Waals surface area contributed by atoms with E-state index in [9.17, 15) is 92.2 Å². The van der Waals surface area contributed by atoms with Gasteiger partial charge in [-0.1, -0.05) is 32.3 Å². The van der Waals surface area contributed by atoms with Gasteiger partial charge in [-0.15, -0.1) is 0 Å². The molecule has 0 aliphatic rings. The zero-order valence-corrected chi connectivity index (χ0v) is 22.0. The molecule has 0 aliphatic heterocycles. The third-order valence-corrected chi connectivity index (χ3v) is 7.05. The van der Waals surface area contributed by atoms with Crippen LogP contribution in [-0.2, 0) is 0 Å². The second kappa shape index (κ2) is 11.5. The van der Waals surface area contributed by atoms with Crippen LogP contribution in [0.1, 0.15) is 39.5 Å². The average molecular weight is 770 g/mol. The first-order valence-corrected chi connectivity index (χ1v) is 11.5. The van der Waals surface area contributed by atoms with E-state index in [1.54, 1.807) is 0 Å². The van der Waals surface area contributed by atoms with Gasteiger partial charge in [0.25, 0.3) is 0 Å². The Balaban J connectivity index is 7.19. The van der Waals surface area contributed by atoms with Crippen LogP contribution in [0, 0.1) is 5.92 Å². The molecule has 0 heterocycles. The molecule has 1 atom stereocenters. The van der Waals surface area contributed by atoms with Gasteiger partial charge in [0.15, 0.2) is 0 Å². The van der Waals surface area contributed by atoms with E-state index in [1.807, 2.05) is 0 Å². The normalized spacial score (nSPS) is 17.2. The van der Waals surface area contributed by atoms with Gasteiger partial charge in [-0.25, -0.2) is 0 Å². The summed E-state index contributed by atoms with van der Waals surface area (Å²) < 4.78 is 284. The van der Waals surface area contributed by atoms with Gasteiger partial charge in [0, 0.05) is 0 Å². The quantitative estimate of drug-likeness (QED) is 0.0938. The van der Waals surface area contributed by atoms with Crippen LogP contribution in [0.5, 0.6) is 0 Å². The lowest BCUT2D eigenvalue weighted by atomic mass is 9.82. The first-order valence-electron chi connectivity index (χ1n) is 10.5. The Labute approximate surface area is 229 Å². The number of hydrogen-bond acceptors (Lipinski definition) is 0. The first kappa shape index (κ1) is 40.0. The van der Waals surface area contributed by atoms with Gasteiger partial charge >= 0.3 is 59.5 Å². The number of alkyl halides is 21. The summed E-state index contributed by atoms with van der Waals surface area (Å²) in [6.45, 7) is 2.20. The van der Waals surface area contributed by atoms with Crippen molar-refractivity contribution in [1.29, 1.82) is 0 Å². The summed E-state index contributed by atoms with van der Waals surface area (Å²) in [5.41, 5.74) is 0. The predicted octanol–water partition coefficient (Wildman–Crippen LogP) is 10.8. The maximum atomic E-state index is 14.6. The van der Waals surface area contributed by atoms with Crippen LogP contribution in [0.15, 0.2) is 9.66 Å². The van der Waals surface area contributed by atoms with Crippen molar-refractivity contribution in [3.63, 3.8) is 0 Å². The average Bonchev–Trinajstić information content (AvgIpc) is 2.79. The molecule has 0 N–H and O–H groups in total. The Morgan fingerprint density at radius 1 is 0.512 bits per heavy atom. The van der Waals surface area contributed by atoms with Crippen molar-refractivity contribution < 1.29 is 92.2 Å². The molecule has 0 spiro atoms. The van der Waals surface area contributed by atoms with E-state index in [4.69, 9.17) is 0 Å². The van der Waals surface area contributed by atoms with Crippen LogP contribution in [-0.4, -0.2) is 59.5 Å². The SMILES string of the molecule is C/C=C(/I)C(CCCCC)C(F)(F)C(F)(F)C(F)(F)C(F)(F)C(F)(F)C(F)(F)C(F)(F)C(F)(F)C(F)(F)C(F)(F)F. The second-order valence-corrected chi connectivity index (χ2v) is 9.68. The minimum Gasteiger partial charge on any atom is -0.199 e. The lowest BCUT2D eigenvalue weighted by molar-refractivity contribution is -0.475. The number of hydrogen-bond donors (Lipinski definition) is 0. The summed E-state index contributed by atoms with van der Waals surface area (Å²) >= 11 is 0.797. The Bertz CT molecular complexity index is 930. The van der Waals surface area contributed by atoms with Crippen molar-refractivity contribution >= 4 is 22.6 Å². The van der Waals surface area contributed by atoms with Crippen LogP contribution in [0.2, 0.25) is 0 Å². The molecule has 0 saturated carbocycles. The Hall–Kier alpha value is -1.00. The molecule has 0 fully saturated rings. The summed E-state index contributed by atoms with van der Waals surface area (Å²) in [4.78, 5) is 0. The third kappa shape index (κ3) is 5.67. The Morgan fingerprint density at radius 2 is 0.805 bits per heavy atom. The van der Waals surface area contributed by atoms with Gasteiger partial charge in [0.2, 0.25) is 0 Å². The van der Waals surface area contributed by atoms with Crippen molar-refractivity contribution in [3.8, 4) is 0 Å². The molecule has 41 heavy (non-hydrogen) atoms. The van der Waals surface area contributed by atoms with E-state index in [-0.39, 0.29) is 12.8 Å². The Morgan fingerprint density at radius 3 is 1.07 bits per heavy atom. The fourth-order valence-corrected chi connectivity index (χ4v) is 3.78. The standard InChI is InChI=1S/C19H16F21I/c1-3-5-6-7-8(9(41)4-2)10(20,21)11(22,23)12(24,25)13(26,27)14(28,29)15(30,31)16(32,33)17(34,35)18(36,37)19(38,39)40/h4,8H,3,5-7H2,1-2H3/b9-4+. The molecule has 246 valence electrons. The molecule has 0 rings (SSSR count). The monoisotopic (exact) mass is 770 g/mol. The molecule has 0 aromatic heterocycles. The topological polar surface area (TPSA) is 0 Å². The number of allylic oxidation sites excluding steroid dienone is 2. The highest BCUT2D eigenvalue weighted by molar-refractivity contribution is 14.1. The van der Waals surface area contributed by atoms with E-state index >= 15 is 0 Å². The molecule has 22 heteroatoms. The lowest BCUT2D eigenvalue weighted by Crippen LogP contribution is -2.77. The van der Waals surface area contributed by atoms with Crippen molar-refractivity contribution in [1.82, 2.24) is 0 Å². The van der Waals surface area contributed by atoms with E-state index < -0.39 is 81.8 Å². The zero-order valence-electron chi connectivity index (χ0n) is 19.8. The van der Waals surface area contributed by atoms with Crippen LogP contribution in [0.25, 0.3) is 0 Å². The minimum atomic E-state index is -9.16. The molecule has 1 unspecified atom stereocenters. The van der Waals surface area contributed by atoms with Crippen molar-refractivity contribution in [2.75, 3.05) is 0 Å². The molecule has 0 aromatic rings. The minimum absolute atomic E-state index is 0.103. The van der Waals surface area contributed by atoms with Crippen LogP contribution in [0.3, 0.4) is 0 Å². The van der Waals surface area contributed by atoms with Gasteiger partial charge in [-0.3, -0.25) is 0 Å². The largest absolute Gasteiger partial charge is 0.460 e. The molecular weight excluding hydrogens is 754 g/mol. The van der Waals surface area contributed by atoms with Gasteiger partial charge < -0.3 is 0 Å². The molecule has 0 saturated heterocycles. The molecule has 0 nitrogen and oxygen atoms in total. The van der Waals surface area contributed by atoms with Crippen molar-refractivity contribution in [2.45, 2.75) is 99.0 Å². The number of halogens is 22. The molecule has 0 radical (unpaired) electrons. The van der Waals surface area contributed by atoms with Gasteiger partial charge in [0.05, 0.1) is 5.92 Å². The summed E-state index contributed by atoms with van der Waals surface area (Å²) in [7, 11) is 0. The van der Waals surface area contributed by atoms with Gasteiger partial charge in [0.1, 0.15) is 0 Å². The van der Waals surface area contributed by atoms with E-state index in [2.05, 4.69) is 0 Å². The molecule has 0 bridgehead atoms. The van der Waals surface area contributed by atoms with E-state index in [0.29, 0.717) is 6.08 Å². The molecule has 0 amide bonds. The fraction of sp³-hybridized carbons (Fsp3) is 0.895. The van der Waals surface area contributed by atoms with Crippen LogP contribution >= 0.6 is 22.6 Å². The van der Waals surface area contributed by atoms with Gasteiger partial charge in [-0.05, 0) is 39.5 Å². The molecule has 0 aromatic carbocycles. The molecule has 0 aliphatic carbocycles. The molecular formula is C19H16F21I. The van der Waals surface area contributed by atoms with Crippen molar-refractivity contribution in [2.24, 2.45) is 5.92 Å². The maximum absolute atomic E-state index is 14.6. The first-order chi connectivity index (χ1) is 17.7. The summed E-state index contributed by atoms with van der Waals surface area (Å²) in [6.07, 6.45) is -9.26. The Kier molecular flexibility index (Phi) is 11.2. The number of unbranched alkanes of at least 4 members (excludes halogenated alkanes) is 2. The van der Waals surface area contributed by atoms with Crippen molar-refractivity contribution in [3.05, 3.63) is 9.66 Å². The smallest absolute Gasteiger partial charge is 0.199 e. The summed E-state index contributed by atoms with van der Waals surface area (Å²) in [5, 5.41) is 0.